The second-order valence-electron chi connectivity index (χ2n) is 7.23. The van der Waals surface area contributed by atoms with Gasteiger partial charge in [-0.3, -0.25) is 14.5 Å². The average molecular weight is 394 g/mol. The summed E-state index contributed by atoms with van der Waals surface area (Å²) in [5.74, 6) is -0.0369. The van der Waals surface area contributed by atoms with Gasteiger partial charge in [-0.05, 0) is 18.6 Å². The van der Waals surface area contributed by atoms with Gasteiger partial charge in [0.1, 0.15) is 12.1 Å². The highest BCUT2D eigenvalue weighted by Gasteiger charge is 2.49. The Balaban J connectivity index is 1.39. The Hall–Kier alpha value is -3.49. The number of carbonyl (C=O) groups is 3. The number of nitrogens with zero attached hydrogens (tertiary/aromatic N) is 5. The molecule has 0 spiro atoms. The average Bonchev–Trinajstić information content (AvgIpc) is 2.99. The number of aromatic nitrogens is 2. The number of piperazine rings is 1. The standard InChI is InChI=1S/C20H22N6O3/c1-20(15-6-3-2-4-7-15)17(28)26(19(29)23-20)14-16(27)24-10-12-25(13-11-24)18-21-8-5-9-22-18/h2-9H,10-14H2,1H3,(H,23,29)/t20-/m0/s1. The highest BCUT2D eigenvalue weighted by Crippen LogP contribution is 2.28. The summed E-state index contributed by atoms with van der Waals surface area (Å²) < 4.78 is 0. The minimum atomic E-state index is -1.16. The van der Waals surface area contributed by atoms with Crippen LogP contribution in [0.5, 0.6) is 0 Å². The summed E-state index contributed by atoms with van der Waals surface area (Å²) >= 11 is 0. The summed E-state index contributed by atoms with van der Waals surface area (Å²) in [5.41, 5.74) is -0.480. The molecule has 29 heavy (non-hydrogen) atoms. The Bertz CT molecular complexity index is 914. The first-order valence-electron chi connectivity index (χ1n) is 9.48. The first-order valence-corrected chi connectivity index (χ1v) is 9.48. The number of nitrogens with one attached hydrogen (secondary N) is 1. The van der Waals surface area contributed by atoms with Crippen LogP contribution in [0.3, 0.4) is 0 Å². The minimum absolute atomic E-state index is 0.251. The number of anilines is 1. The van der Waals surface area contributed by atoms with E-state index in [-0.39, 0.29) is 12.5 Å². The summed E-state index contributed by atoms with van der Waals surface area (Å²) in [6.45, 7) is 3.54. The van der Waals surface area contributed by atoms with Gasteiger partial charge in [0.25, 0.3) is 5.91 Å². The molecule has 1 aromatic heterocycles. The molecule has 150 valence electrons. The van der Waals surface area contributed by atoms with Gasteiger partial charge in [0, 0.05) is 38.6 Å². The number of imide groups is 1. The minimum Gasteiger partial charge on any atom is -0.338 e. The van der Waals surface area contributed by atoms with Gasteiger partial charge in [0.2, 0.25) is 11.9 Å². The predicted molar refractivity (Wildman–Crippen MR) is 105 cm³/mol. The largest absolute Gasteiger partial charge is 0.338 e. The summed E-state index contributed by atoms with van der Waals surface area (Å²) in [6.07, 6.45) is 3.36. The number of carbonyl (C=O) groups excluding carboxylic acids is 3. The molecule has 0 unspecified atom stereocenters. The van der Waals surface area contributed by atoms with Gasteiger partial charge in [-0.25, -0.2) is 14.8 Å². The zero-order valence-electron chi connectivity index (χ0n) is 16.1. The van der Waals surface area contributed by atoms with Crippen LogP contribution in [0, 0.1) is 0 Å². The molecule has 2 saturated heterocycles. The van der Waals surface area contributed by atoms with Crippen molar-refractivity contribution in [2.45, 2.75) is 12.5 Å². The monoisotopic (exact) mass is 394 g/mol. The molecule has 1 atom stereocenters. The number of benzene rings is 1. The molecular formula is C20H22N6O3. The van der Waals surface area contributed by atoms with E-state index >= 15 is 0 Å². The molecule has 0 radical (unpaired) electrons. The Labute approximate surface area is 168 Å². The second kappa shape index (κ2) is 7.50. The van der Waals surface area contributed by atoms with Crippen LogP contribution in [0.4, 0.5) is 10.7 Å². The first kappa shape index (κ1) is 18.9. The molecule has 9 heteroatoms. The van der Waals surface area contributed by atoms with Crippen molar-refractivity contribution in [3.8, 4) is 0 Å². The lowest BCUT2D eigenvalue weighted by Gasteiger charge is -2.35. The van der Waals surface area contributed by atoms with Gasteiger partial charge in [0.05, 0.1) is 0 Å². The topological polar surface area (TPSA) is 98.7 Å². The highest BCUT2D eigenvalue weighted by atomic mass is 16.2. The third-order valence-corrected chi connectivity index (χ3v) is 5.39. The fraction of sp³-hybridized carbons (Fsp3) is 0.350. The molecule has 0 bridgehead atoms. The lowest BCUT2D eigenvalue weighted by molar-refractivity contribution is -0.139. The van der Waals surface area contributed by atoms with E-state index in [1.165, 1.54) is 0 Å². The third-order valence-electron chi connectivity index (χ3n) is 5.39. The molecule has 2 aliphatic heterocycles. The van der Waals surface area contributed by atoms with E-state index in [0.717, 1.165) is 4.90 Å². The fourth-order valence-electron chi connectivity index (χ4n) is 3.65. The van der Waals surface area contributed by atoms with Crippen molar-refractivity contribution in [2.24, 2.45) is 0 Å². The van der Waals surface area contributed by atoms with Crippen molar-refractivity contribution >= 4 is 23.8 Å². The van der Waals surface area contributed by atoms with Crippen LogP contribution in [0.2, 0.25) is 0 Å². The Morgan fingerprint density at radius 1 is 1.03 bits per heavy atom. The van der Waals surface area contributed by atoms with E-state index < -0.39 is 17.5 Å². The van der Waals surface area contributed by atoms with Crippen LogP contribution in [-0.2, 0) is 15.1 Å². The first-order chi connectivity index (χ1) is 14.0. The van der Waals surface area contributed by atoms with Crippen molar-refractivity contribution in [3.05, 3.63) is 54.4 Å². The summed E-state index contributed by atoms with van der Waals surface area (Å²) in [5, 5.41) is 2.73. The Kier molecular flexibility index (Phi) is 4.87. The van der Waals surface area contributed by atoms with E-state index in [1.54, 1.807) is 42.4 Å². The molecule has 0 saturated carbocycles. The van der Waals surface area contributed by atoms with Crippen LogP contribution >= 0.6 is 0 Å². The van der Waals surface area contributed by atoms with Crippen LogP contribution in [0.15, 0.2) is 48.8 Å². The molecule has 0 aliphatic carbocycles. The molecule has 2 aliphatic rings. The van der Waals surface area contributed by atoms with Crippen LogP contribution in [0.1, 0.15) is 12.5 Å². The highest BCUT2D eigenvalue weighted by molar-refractivity contribution is 6.09. The van der Waals surface area contributed by atoms with Crippen LogP contribution < -0.4 is 10.2 Å². The van der Waals surface area contributed by atoms with Crippen molar-refractivity contribution in [3.63, 3.8) is 0 Å². The molecule has 4 amide bonds. The van der Waals surface area contributed by atoms with Gasteiger partial charge in [-0.1, -0.05) is 30.3 Å². The van der Waals surface area contributed by atoms with Gasteiger partial charge < -0.3 is 15.1 Å². The molecule has 2 fully saturated rings. The van der Waals surface area contributed by atoms with Gasteiger partial charge in [-0.2, -0.15) is 0 Å². The number of rotatable bonds is 4. The molecule has 3 heterocycles. The molecular weight excluding hydrogens is 372 g/mol. The maximum absolute atomic E-state index is 12.9. The predicted octanol–water partition coefficient (Wildman–Crippen LogP) is 0.592. The normalized spacial score (nSPS) is 22.0. The smallest absolute Gasteiger partial charge is 0.325 e. The molecule has 4 rings (SSSR count). The number of amides is 4. The number of hydrogen-bond acceptors (Lipinski definition) is 6. The quantitative estimate of drug-likeness (QED) is 0.763. The van der Waals surface area contributed by atoms with Gasteiger partial charge >= 0.3 is 6.03 Å². The summed E-state index contributed by atoms with van der Waals surface area (Å²) in [7, 11) is 0. The third kappa shape index (κ3) is 3.51. The van der Waals surface area contributed by atoms with Crippen molar-refractivity contribution < 1.29 is 14.4 Å². The molecule has 9 nitrogen and oxygen atoms in total. The molecule has 1 aromatic carbocycles. The summed E-state index contributed by atoms with van der Waals surface area (Å²) in [6, 6.07) is 10.2. The summed E-state index contributed by atoms with van der Waals surface area (Å²) in [4.78, 5) is 51.2. The number of urea groups is 1. The van der Waals surface area contributed by atoms with Crippen LogP contribution in [-0.4, -0.2) is 70.3 Å². The Morgan fingerprint density at radius 3 is 2.34 bits per heavy atom. The molecule has 2 aromatic rings. The van der Waals surface area contributed by atoms with Crippen molar-refractivity contribution in [1.29, 1.82) is 0 Å². The Morgan fingerprint density at radius 2 is 1.69 bits per heavy atom. The van der Waals surface area contributed by atoms with Crippen molar-refractivity contribution in [1.82, 2.24) is 25.1 Å². The fourth-order valence-corrected chi connectivity index (χ4v) is 3.65. The number of hydrogen-bond donors (Lipinski definition) is 1. The second-order valence-corrected chi connectivity index (χ2v) is 7.23. The maximum Gasteiger partial charge on any atom is 0.325 e. The van der Waals surface area contributed by atoms with E-state index in [1.807, 2.05) is 23.1 Å². The van der Waals surface area contributed by atoms with E-state index in [2.05, 4.69) is 15.3 Å². The van der Waals surface area contributed by atoms with Gasteiger partial charge in [-0.15, -0.1) is 0 Å². The van der Waals surface area contributed by atoms with Crippen LogP contribution in [0.25, 0.3) is 0 Å². The molecule has 1 N–H and O–H groups in total. The van der Waals surface area contributed by atoms with E-state index in [9.17, 15) is 14.4 Å². The maximum atomic E-state index is 12.9. The SMILES string of the molecule is C[C@@]1(c2ccccc2)NC(=O)N(CC(=O)N2CCN(c3ncccn3)CC2)C1=O. The van der Waals surface area contributed by atoms with Gasteiger partial charge in [0.15, 0.2) is 0 Å². The lowest BCUT2D eigenvalue weighted by atomic mass is 9.92. The lowest BCUT2D eigenvalue weighted by Crippen LogP contribution is -2.52. The van der Waals surface area contributed by atoms with E-state index in [4.69, 9.17) is 0 Å². The van der Waals surface area contributed by atoms with E-state index in [0.29, 0.717) is 37.7 Å². The van der Waals surface area contributed by atoms with Crippen molar-refractivity contribution in [2.75, 3.05) is 37.6 Å². The zero-order valence-corrected chi connectivity index (χ0v) is 16.1. The zero-order chi connectivity index (χ0) is 20.4.